The lowest BCUT2D eigenvalue weighted by atomic mass is 9.85. The molecule has 0 aromatic rings. The SMILES string of the molecule is CC1(C(=O)NCC2CCC2)CCCCN1. The van der Waals surface area contributed by atoms with Gasteiger partial charge in [-0.05, 0) is 51.5 Å². The van der Waals surface area contributed by atoms with Crippen molar-refractivity contribution in [3.05, 3.63) is 0 Å². The highest BCUT2D eigenvalue weighted by Crippen LogP contribution is 2.25. The van der Waals surface area contributed by atoms with E-state index in [-0.39, 0.29) is 11.4 Å². The van der Waals surface area contributed by atoms with Crippen LogP contribution in [0.1, 0.15) is 45.4 Å². The van der Waals surface area contributed by atoms with E-state index in [1.165, 1.54) is 32.1 Å². The molecule has 1 saturated heterocycles. The lowest BCUT2D eigenvalue weighted by Gasteiger charge is -2.34. The molecular weight excluding hydrogens is 188 g/mol. The summed E-state index contributed by atoms with van der Waals surface area (Å²) < 4.78 is 0. The van der Waals surface area contributed by atoms with Crippen molar-refractivity contribution >= 4 is 5.91 Å². The lowest BCUT2D eigenvalue weighted by Crippen LogP contribution is -2.57. The Morgan fingerprint density at radius 3 is 2.73 bits per heavy atom. The van der Waals surface area contributed by atoms with Crippen LogP contribution in [0.4, 0.5) is 0 Å². The Morgan fingerprint density at radius 1 is 1.40 bits per heavy atom. The van der Waals surface area contributed by atoms with Crippen molar-refractivity contribution in [1.29, 1.82) is 0 Å². The number of nitrogens with one attached hydrogen (secondary N) is 2. The first-order chi connectivity index (χ1) is 7.21. The quantitative estimate of drug-likeness (QED) is 0.740. The van der Waals surface area contributed by atoms with Gasteiger partial charge in [0.05, 0.1) is 5.54 Å². The van der Waals surface area contributed by atoms with E-state index in [1.54, 1.807) is 0 Å². The fourth-order valence-corrected chi connectivity index (χ4v) is 2.38. The van der Waals surface area contributed by atoms with Crippen molar-refractivity contribution in [2.75, 3.05) is 13.1 Å². The summed E-state index contributed by atoms with van der Waals surface area (Å²) in [4.78, 5) is 12.0. The zero-order valence-corrected chi connectivity index (χ0v) is 9.64. The minimum atomic E-state index is -0.304. The summed E-state index contributed by atoms with van der Waals surface area (Å²) in [5.74, 6) is 0.954. The number of hydrogen-bond acceptors (Lipinski definition) is 2. The summed E-state index contributed by atoms with van der Waals surface area (Å²) in [7, 11) is 0. The largest absolute Gasteiger partial charge is 0.354 e. The highest BCUT2D eigenvalue weighted by atomic mass is 16.2. The normalized spacial score (nSPS) is 32.1. The molecule has 1 atom stereocenters. The second-order valence-electron chi connectivity index (χ2n) is 5.22. The van der Waals surface area contributed by atoms with Crippen molar-refractivity contribution in [3.63, 3.8) is 0 Å². The fourth-order valence-electron chi connectivity index (χ4n) is 2.38. The Morgan fingerprint density at radius 2 is 2.20 bits per heavy atom. The topological polar surface area (TPSA) is 41.1 Å². The Kier molecular flexibility index (Phi) is 3.29. The standard InChI is InChI=1S/C12H22N2O/c1-12(7-2-3-8-14-12)11(15)13-9-10-5-4-6-10/h10,14H,2-9H2,1H3,(H,13,15). The maximum Gasteiger partial charge on any atom is 0.240 e. The van der Waals surface area contributed by atoms with Gasteiger partial charge in [0.2, 0.25) is 5.91 Å². The molecule has 1 heterocycles. The van der Waals surface area contributed by atoms with E-state index < -0.39 is 0 Å². The molecule has 15 heavy (non-hydrogen) atoms. The average Bonchev–Trinajstić information content (AvgIpc) is 2.16. The number of carbonyl (C=O) groups is 1. The lowest BCUT2D eigenvalue weighted by molar-refractivity contribution is -0.128. The third kappa shape index (κ3) is 2.51. The molecule has 2 N–H and O–H groups in total. The predicted octanol–water partition coefficient (Wildman–Crippen LogP) is 1.43. The van der Waals surface area contributed by atoms with Gasteiger partial charge in [-0.1, -0.05) is 6.42 Å². The molecule has 0 spiro atoms. The smallest absolute Gasteiger partial charge is 0.240 e. The molecule has 1 saturated carbocycles. The van der Waals surface area contributed by atoms with Crippen LogP contribution in [-0.4, -0.2) is 24.5 Å². The average molecular weight is 210 g/mol. The molecule has 1 amide bonds. The molecule has 2 rings (SSSR count). The number of hydrogen-bond donors (Lipinski definition) is 2. The van der Waals surface area contributed by atoms with Gasteiger partial charge in [0.15, 0.2) is 0 Å². The van der Waals surface area contributed by atoms with Gasteiger partial charge in [0.1, 0.15) is 0 Å². The fraction of sp³-hybridized carbons (Fsp3) is 0.917. The molecule has 0 aromatic heterocycles. The van der Waals surface area contributed by atoms with Crippen LogP contribution in [0, 0.1) is 5.92 Å². The van der Waals surface area contributed by atoms with Crippen molar-refractivity contribution in [2.45, 2.75) is 51.0 Å². The Hall–Kier alpha value is -0.570. The molecule has 0 bridgehead atoms. The number of amides is 1. The first kappa shape index (κ1) is 10.9. The third-order valence-corrected chi connectivity index (χ3v) is 3.90. The highest BCUT2D eigenvalue weighted by molar-refractivity contribution is 5.85. The van der Waals surface area contributed by atoms with Crippen molar-refractivity contribution in [2.24, 2.45) is 5.92 Å². The minimum Gasteiger partial charge on any atom is -0.354 e. The number of carbonyl (C=O) groups excluding carboxylic acids is 1. The summed E-state index contributed by atoms with van der Waals surface area (Å²) in [6.07, 6.45) is 7.28. The summed E-state index contributed by atoms with van der Waals surface area (Å²) in [6, 6.07) is 0. The molecule has 1 unspecified atom stereocenters. The molecule has 3 nitrogen and oxygen atoms in total. The van der Waals surface area contributed by atoms with Gasteiger partial charge < -0.3 is 10.6 Å². The maximum atomic E-state index is 12.0. The van der Waals surface area contributed by atoms with Gasteiger partial charge in [0, 0.05) is 6.54 Å². The first-order valence-electron chi connectivity index (χ1n) is 6.24. The molecule has 0 aromatic carbocycles. The van der Waals surface area contributed by atoms with Crippen LogP contribution in [-0.2, 0) is 4.79 Å². The van der Waals surface area contributed by atoms with Crippen LogP contribution in [0.25, 0.3) is 0 Å². The summed E-state index contributed by atoms with van der Waals surface area (Å²) in [5.41, 5.74) is -0.304. The summed E-state index contributed by atoms with van der Waals surface area (Å²) in [5, 5.41) is 6.44. The van der Waals surface area contributed by atoms with E-state index >= 15 is 0 Å². The third-order valence-electron chi connectivity index (χ3n) is 3.90. The van der Waals surface area contributed by atoms with E-state index in [9.17, 15) is 4.79 Å². The molecule has 3 heteroatoms. The van der Waals surface area contributed by atoms with Gasteiger partial charge in [-0.25, -0.2) is 0 Å². The van der Waals surface area contributed by atoms with Crippen LogP contribution in [0.3, 0.4) is 0 Å². The molecule has 1 aliphatic carbocycles. The van der Waals surface area contributed by atoms with Crippen molar-refractivity contribution < 1.29 is 4.79 Å². The molecule has 86 valence electrons. The van der Waals surface area contributed by atoms with Crippen LogP contribution in [0.15, 0.2) is 0 Å². The Labute approximate surface area is 92.0 Å². The summed E-state index contributed by atoms with van der Waals surface area (Å²) in [6.45, 7) is 3.89. The summed E-state index contributed by atoms with van der Waals surface area (Å²) >= 11 is 0. The van der Waals surface area contributed by atoms with Gasteiger partial charge >= 0.3 is 0 Å². The first-order valence-corrected chi connectivity index (χ1v) is 6.24. The van der Waals surface area contributed by atoms with Gasteiger partial charge in [0.25, 0.3) is 0 Å². The van der Waals surface area contributed by atoms with E-state index in [1.807, 2.05) is 6.92 Å². The van der Waals surface area contributed by atoms with E-state index in [4.69, 9.17) is 0 Å². The van der Waals surface area contributed by atoms with Crippen LogP contribution >= 0.6 is 0 Å². The van der Waals surface area contributed by atoms with E-state index in [0.717, 1.165) is 25.4 Å². The molecular formula is C12H22N2O. The number of rotatable bonds is 3. The highest BCUT2D eigenvalue weighted by Gasteiger charge is 2.34. The van der Waals surface area contributed by atoms with Gasteiger partial charge in [-0.15, -0.1) is 0 Å². The zero-order valence-electron chi connectivity index (χ0n) is 9.64. The van der Waals surface area contributed by atoms with E-state index in [2.05, 4.69) is 10.6 Å². The Balaban J connectivity index is 1.77. The van der Waals surface area contributed by atoms with Crippen LogP contribution in [0.5, 0.6) is 0 Å². The molecule has 1 aliphatic heterocycles. The molecule has 2 aliphatic rings. The Bertz CT molecular complexity index is 230. The molecule has 0 radical (unpaired) electrons. The van der Waals surface area contributed by atoms with Crippen molar-refractivity contribution in [3.8, 4) is 0 Å². The van der Waals surface area contributed by atoms with Crippen LogP contribution in [0.2, 0.25) is 0 Å². The number of piperidine rings is 1. The second-order valence-corrected chi connectivity index (χ2v) is 5.22. The maximum absolute atomic E-state index is 12.0. The zero-order chi connectivity index (χ0) is 10.7. The molecule has 2 fully saturated rings. The predicted molar refractivity (Wildman–Crippen MR) is 60.6 cm³/mol. The second kappa shape index (κ2) is 4.52. The van der Waals surface area contributed by atoms with E-state index in [0.29, 0.717) is 0 Å². The van der Waals surface area contributed by atoms with Gasteiger partial charge in [-0.3, -0.25) is 4.79 Å². The van der Waals surface area contributed by atoms with Crippen molar-refractivity contribution in [1.82, 2.24) is 10.6 Å². The van der Waals surface area contributed by atoms with Crippen LogP contribution < -0.4 is 10.6 Å². The van der Waals surface area contributed by atoms with Gasteiger partial charge in [-0.2, -0.15) is 0 Å². The minimum absolute atomic E-state index is 0.203. The monoisotopic (exact) mass is 210 g/mol.